The minimum Gasteiger partial charge on any atom is -0.311 e. The second-order valence-corrected chi connectivity index (χ2v) is 7.66. The van der Waals surface area contributed by atoms with Crippen LogP contribution < -0.4 is 10.6 Å². The summed E-state index contributed by atoms with van der Waals surface area (Å²) < 4.78 is 22.9. The summed E-state index contributed by atoms with van der Waals surface area (Å²) in [5.74, 6) is -0.0913. The highest BCUT2D eigenvalue weighted by Gasteiger charge is 2.26. The van der Waals surface area contributed by atoms with Gasteiger partial charge in [0, 0.05) is 19.0 Å². The lowest BCUT2D eigenvalue weighted by Gasteiger charge is -2.22. The molecule has 1 atom stereocenters. The molecule has 0 bridgehead atoms. The van der Waals surface area contributed by atoms with Crippen LogP contribution in [0.2, 0.25) is 0 Å². The summed E-state index contributed by atoms with van der Waals surface area (Å²) in [5, 5.41) is 14.7. The van der Waals surface area contributed by atoms with Gasteiger partial charge in [0.15, 0.2) is 9.84 Å². The molecule has 0 aromatic carbocycles. The largest absolute Gasteiger partial charge is 0.311 e. The second-order valence-electron chi connectivity index (χ2n) is 4.37. The number of carbonyl (C=O) groups excluding carboxylic acids is 1. The monoisotopic (exact) mass is 304 g/mol. The van der Waals surface area contributed by atoms with Gasteiger partial charge in [-0.15, -0.1) is 10.2 Å². The van der Waals surface area contributed by atoms with Crippen LogP contribution in [0.4, 0.5) is 5.13 Å². The molecular weight excluding hydrogens is 288 g/mol. The minimum atomic E-state index is -3.02. The Morgan fingerprint density at radius 3 is 2.95 bits per heavy atom. The highest BCUT2D eigenvalue weighted by molar-refractivity contribution is 7.91. The van der Waals surface area contributed by atoms with Crippen LogP contribution in [0.1, 0.15) is 18.4 Å². The van der Waals surface area contributed by atoms with Crippen molar-refractivity contribution in [1.82, 2.24) is 15.5 Å². The highest BCUT2D eigenvalue weighted by atomic mass is 32.2. The maximum absolute atomic E-state index is 11.8. The Bertz CT molecular complexity index is 555. The van der Waals surface area contributed by atoms with Crippen molar-refractivity contribution in [2.75, 3.05) is 23.4 Å². The predicted molar refractivity (Wildman–Crippen MR) is 73.0 cm³/mol. The summed E-state index contributed by atoms with van der Waals surface area (Å²) in [6, 6.07) is -0.322. The van der Waals surface area contributed by atoms with Crippen molar-refractivity contribution in [3.63, 3.8) is 0 Å². The number of rotatable bonds is 4. The Hall–Kier alpha value is -1.06. The van der Waals surface area contributed by atoms with E-state index in [1.54, 1.807) is 0 Å². The van der Waals surface area contributed by atoms with E-state index in [0.29, 0.717) is 11.7 Å². The number of hydrogen-bond acceptors (Lipinski definition) is 7. The third kappa shape index (κ3) is 4.22. The number of sulfone groups is 1. The van der Waals surface area contributed by atoms with Crippen LogP contribution in [-0.2, 0) is 21.1 Å². The molecule has 106 valence electrons. The molecule has 0 radical (unpaired) electrons. The zero-order chi connectivity index (χ0) is 13.9. The number of hydrogen-bond donors (Lipinski definition) is 2. The van der Waals surface area contributed by atoms with Gasteiger partial charge in [0.05, 0.1) is 11.5 Å². The summed E-state index contributed by atoms with van der Waals surface area (Å²) in [6.07, 6.45) is 0.899. The molecule has 2 N–H and O–H groups in total. The molecule has 1 aromatic heterocycles. The van der Waals surface area contributed by atoms with E-state index >= 15 is 0 Å². The lowest BCUT2D eigenvalue weighted by molar-refractivity contribution is -0.116. The predicted octanol–water partition coefficient (Wildman–Crippen LogP) is -0.184. The first-order valence-electron chi connectivity index (χ1n) is 6.04. The molecule has 9 heteroatoms. The van der Waals surface area contributed by atoms with Crippen molar-refractivity contribution in [3.05, 3.63) is 5.01 Å². The average Bonchev–Trinajstić information content (AvgIpc) is 2.75. The fourth-order valence-electron chi connectivity index (χ4n) is 1.84. The topological polar surface area (TPSA) is 101 Å². The molecule has 0 saturated carbocycles. The van der Waals surface area contributed by atoms with Crippen LogP contribution in [0.25, 0.3) is 0 Å². The molecule has 0 aliphatic carbocycles. The molecule has 1 aromatic rings. The van der Waals surface area contributed by atoms with Crippen LogP contribution >= 0.6 is 11.3 Å². The molecule has 1 unspecified atom stereocenters. The van der Waals surface area contributed by atoms with E-state index in [9.17, 15) is 13.2 Å². The van der Waals surface area contributed by atoms with E-state index in [-0.39, 0.29) is 29.9 Å². The summed E-state index contributed by atoms with van der Waals surface area (Å²) >= 11 is 1.33. The quantitative estimate of drug-likeness (QED) is 0.800. The Morgan fingerprint density at radius 2 is 2.32 bits per heavy atom. The molecule has 1 aliphatic heterocycles. The lowest BCUT2D eigenvalue weighted by atomic mass is 10.2. The summed E-state index contributed by atoms with van der Waals surface area (Å²) in [5.41, 5.74) is 0. The van der Waals surface area contributed by atoms with Gasteiger partial charge >= 0.3 is 0 Å². The first-order chi connectivity index (χ1) is 8.98. The van der Waals surface area contributed by atoms with Crippen LogP contribution in [0.15, 0.2) is 0 Å². The van der Waals surface area contributed by atoms with Crippen molar-refractivity contribution in [3.8, 4) is 0 Å². The number of nitrogens with zero attached hydrogens (tertiary/aromatic N) is 2. The molecule has 1 fully saturated rings. The zero-order valence-corrected chi connectivity index (χ0v) is 12.2. The van der Waals surface area contributed by atoms with Gasteiger partial charge < -0.3 is 10.6 Å². The third-order valence-corrected chi connectivity index (χ3v) is 5.47. The molecule has 2 heterocycles. The van der Waals surface area contributed by atoms with E-state index in [4.69, 9.17) is 0 Å². The SMILES string of the molecule is CCc1nnc(NC(=O)CC2CS(=O)(=O)CCN2)s1. The van der Waals surface area contributed by atoms with Gasteiger partial charge in [-0.2, -0.15) is 0 Å². The van der Waals surface area contributed by atoms with Crippen LogP contribution in [0, 0.1) is 0 Å². The average molecular weight is 304 g/mol. The van der Waals surface area contributed by atoms with Crippen LogP contribution in [0.3, 0.4) is 0 Å². The van der Waals surface area contributed by atoms with Gasteiger partial charge in [-0.05, 0) is 6.42 Å². The van der Waals surface area contributed by atoms with Crippen molar-refractivity contribution in [2.45, 2.75) is 25.8 Å². The standard InChI is InChI=1S/C10H16N4O3S2/c1-2-9-13-14-10(18-9)12-8(15)5-7-6-19(16,17)4-3-11-7/h7,11H,2-6H2,1H3,(H,12,14,15). The maximum atomic E-state index is 11.8. The number of aromatic nitrogens is 2. The molecule has 19 heavy (non-hydrogen) atoms. The Morgan fingerprint density at radius 1 is 1.53 bits per heavy atom. The lowest BCUT2D eigenvalue weighted by Crippen LogP contribution is -2.46. The minimum absolute atomic E-state index is 0.0107. The summed E-state index contributed by atoms with van der Waals surface area (Å²) in [6.45, 7) is 2.36. The van der Waals surface area contributed by atoms with Crippen molar-refractivity contribution in [1.29, 1.82) is 0 Å². The van der Waals surface area contributed by atoms with Gasteiger partial charge in [0.2, 0.25) is 11.0 Å². The van der Waals surface area contributed by atoms with Crippen LogP contribution in [-0.4, -0.2) is 48.6 Å². The van der Waals surface area contributed by atoms with Gasteiger partial charge in [-0.25, -0.2) is 8.42 Å². The van der Waals surface area contributed by atoms with Crippen molar-refractivity contribution in [2.24, 2.45) is 0 Å². The third-order valence-electron chi connectivity index (χ3n) is 2.75. The van der Waals surface area contributed by atoms with E-state index in [1.807, 2.05) is 6.92 Å². The van der Waals surface area contributed by atoms with Gasteiger partial charge in [-0.1, -0.05) is 18.3 Å². The summed E-state index contributed by atoms with van der Waals surface area (Å²) in [7, 11) is -3.02. The summed E-state index contributed by atoms with van der Waals surface area (Å²) in [4.78, 5) is 11.8. The normalized spacial score (nSPS) is 22.1. The van der Waals surface area contributed by atoms with Crippen molar-refractivity contribution < 1.29 is 13.2 Å². The first-order valence-corrected chi connectivity index (χ1v) is 8.68. The Labute approximate surface area is 115 Å². The van der Waals surface area contributed by atoms with Crippen LogP contribution in [0.5, 0.6) is 0 Å². The zero-order valence-electron chi connectivity index (χ0n) is 10.5. The molecule has 0 spiro atoms. The fraction of sp³-hybridized carbons (Fsp3) is 0.700. The Kier molecular flexibility index (Phi) is 4.48. The number of amides is 1. The van der Waals surface area contributed by atoms with Crippen molar-refractivity contribution >= 4 is 32.2 Å². The molecule has 7 nitrogen and oxygen atoms in total. The van der Waals surface area contributed by atoms with Gasteiger partial charge in [-0.3, -0.25) is 4.79 Å². The molecule has 1 saturated heterocycles. The van der Waals surface area contributed by atoms with E-state index < -0.39 is 9.84 Å². The molecule has 1 amide bonds. The first kappa shape index (κ1) is 14.4. The van der Waals surface area contributed by atoms with E-state index in [0.717, 1.165) is 11.4 Å². The number of anilines is 1. The molecule has 1 aliphatic rings. The number of carbonyl (C=O) groups is 1. The smallest absolute Gasteiger partial charge is 0.227 e. The molecule has 2 rings (SSSR count). The maximum Gasteiger partial charge on any atom is 0.227 e. The Balaban J connectivity index is 1.87. The van der Waals surface area contributed by atoms with Gasteiger partial charge in [0.1, 0.15) is 5.01 Å². The number of nitrogens with one attached hydrogen (secondary N) is 2. The number of aryl methyl sites for hydroxylation is 1. The van der Waals surface area contributed by atoms with Gasteiger partial charge in [0.25, 0.3) is 0 Å². The highest BCUT2D eigenvalue weighted by Crippen LogP contribution is 2.16. The van der Waals surface area contributed by atoms with E-state index in [2.05, 4.69) is 20.8 Å². The fourth-order valence-corrected chi connectivity index (χ4v) is 3.98. The second kappa shape index (κ2) is 5.93. The van der Waals surface area contributed by atoms with E-state index in [1.165, 1.54) is 11.3 Å². The molecular formula is C10H16N4O3S2.